The fourth-order valence-electron chi connectivity index (χ4n) is 1.52. The van der Waals surface area contributed by atoms with Crippen LogP contribution >= 0.6 is 15.9 Å². The Bertz CT molecular complexity index is 490. The molecule has 1 N–H and O–H groups in total. The van der Waals surface area contributed by atoms with Crippen LogP contribution in [0.4, 0.5) is 0 Å². The number of aliphatic hydroxyl groups excluding tert-OH is 1. The minimum atomic E-state index is 0.0164. The van der Waals surface area contributed by atoms with Gasteiger partial charge in [-0.3, -0.25) is 0 Å². The molecule has 0 atom stereocenters. The van der Waals surface area contributed by atoms with Gasteiger partial charge in [0.05, 0.1) is 18.0 Å². The number of pyridine rings is 1. The molecule has 3 nitrogen and oxygen atoms in total. The maximum absolute atomic E-state index is 9.19. The van der Waals surface area contributed by atoms with Crippen LogP contribution in [0, 0.1) is 13.8 Å². The lowest BCUT2D eigenvalue weighted by molar-refractivity contribution is 0.275. The third-order valence-corrected chi connectivity index (χ3v) is 3.18. The van der Waals surface area contributed by atoms with Crippen LogP contribution in [0.2, 0.25) is 0 Å². The molecule has 0 amide bonds. The van der Waals surface area contributed by atoms with Gasteiger partial charge in [-0.15, -0.1) is 0 Å². The third-order valence-electron chi connectivity index (χ3n) is 2.35. The minimum Gasteiger partial charge on any atom is -0.390 e. The predicted octanol–water partition coefficient (Wildman–Crippen LogP) is 2.21. The number of fused-ring (bicyclic) bond motifs is 1. The number of nitrogens with zero attached hydrogens (tertiary/aromatic N) is 2. The highest BCUT2D eigenvalue weighted by molar-refractivity contribution is 9.10. The van der Waals surface area contributed by atoms with Gasteiger partial charge in [-0.1, -0.05) is 0 Å². The Balaban J connectivity index is 2.82. The van der Waals surface area contributed by atoms with Crippen LogP contribution in [0.5, 0.6) is 0 Å². The summed E-state index contributed by atoms with van der Waals surface area (Å²) in [7, 11) is 0. The molecule has 2 aromatic rings. The highest BCUT2D eigenvalue weighted by Gasteiger charge is 2.08. The quantitative estimate of drug-likeness (QED) is 0.848. The van der Waals surface area contributed by atoms with Crippen molar-refractivity contribution in [1.82, 2.24) is 9.38 Å². The number of aliphatic hydroxyl groups is 1. The molecule has 74 valence electrons. The highest BCUT2D eigenvalue weighted by atomic mass is 79.9. The second-order valence-corrected chi connectivity index (χ2v) is 4.19. The Morgan fingerprint density at radius 2 is 2.21 bits per heavy atom. The Kier molecular flexibility index (Phi) is 2.33. The second kappa shape index (κ2) is 3.37. The molecule has 2 aromatic heterocycles. The summed E-state index contributed by atoms with van der Waals surface area (Å²) in [6, 6.07) is 2.00. The summed E-state index contributed by atoms with van der Waals surface area (Å²) >= 11 is 3.46. The lowest BCUT2D eigenvalue weighted by atomic mass is 10.3. The molecule has 0 saturated carbocycles. The first-order valence-corrected chi connectivity index (χ1v) is 5.17. The van der Waals surface area contributed by atoms with Gasteiger partial charge in [0.2, 0.25) is 0 Å². The molecule has 0 fully saturated rings. The van der Waals surface area contributed by atoms with E-state index in [1.54, 1.807) is 0 Å². The molecular formula is C10H11BrN2O. The molecule has 0 radical (unpaired) electrons. The number of hydrogen-bond acceptors (Lipinski definition) is 2. The van der Waals surface area contributed by atoms with E-state index < -0.39 is 0 Å². The van der Waals surface area contributed by atoms with E-state index in [9.17, 15) is 5.11 Å². The van der Waals surface area contributed by atoms with Gasteiger partial charge in [0, 0.05) is 10.7 Å². The molecule has 0 aromatic carbocycles. The fraction of sp³-hybridized carbons (Fsp3) is 0.300. The van der Waals surface area contributed by atoms with Crippen LogP contribution in [0.3, 0.4) is 0 Å². The zero-order valence-electron chi connectivity index (χ0n) is 8.08. The summed E-state index contributed by atoms with van der Waals surface area (Å²) in [6.45, 7) is 3.94. The number of rotatable bonds is 1. The lowest BCUT2D eigenvalue weighted by Gasteiger charge is -2.02. The van der Waals surface area contributed by atoms with E-state index in [1.807, 2.05) is 30.5 Å². The van der Waals surface area contributed by atoms with Crippen LogP contribution in [-0.2, 0) is 6.61 Å². The molecular weight excluding hydrogens is 244 g/mol. The standard InChI is InChI=1S/C10H11BrN2O/c1-6-3-10-12-7(2)9(5-14)13(10)4-8(6)11/h3-4,14H,5H2,1-2H3. The van der Waals surface area contributed by atoms with Gasteiger partial charge in [-0.05, 0) is 41.4 Å². The van der Waals surface area contributed by atoms with E-state index in [4.69, 9.17) is 0 Å². The molecule has 0 bridgehead atoms. The van der Waals surface area contributed by atoms with Crippen LogP contribution in [0.25, 0.3) is 5.65 Å². The summed E-state index contributed by atoms with van der Waals surface area (Å²) < 4.78 is 2.93. The van der Waals surface area contributed by atoms with Gasteiger partial charge in [0.15, 0.2) is 0 Å². The molecule has 4 heteroatoms. The van der Waals surface area contributed by atoms with Crippen LogP contribution in [-0.4, -0.2) is 14.5 Å². The van der Waals surface area contributed by atoms with Gasteiger partial charge >= 0.3 is 0 Å². The topological polar surface area (TPSA) is 37.5 Å². The summed E-state index contributed by atoms with van der Waals surface area (Å²) in [5.41, 5.74) is 3.75. The monoisotopic (exact) mass is 254 g/mol. The number of halogens is 1. The van der Waals surface area contributed by atoms with Crippen molar-refractivity contribution in [3.63, 3.8) is 0 Å². The maximum atomic E-state index is 9.19. The summed E-state index contributed by atoms with van der Waals surface area (Å²) in [5.74, 6) is 0. The van der Waals surface area contributed by atoms with Gasteiger partial charge in [-0.25, -0.2) is 4.98 Å². The van der Waals surface area contributed by atoms with E-state index >= 15 is 0 Å². The van der Waals surface area contributed by atoms with Crippen LogP contribution in [0.15, 0.2) is 16.7 Å². The normalized spacial score (nSPS) is 11.1. The summed E-state index contributed by atoms with van der Waals surface area (Å²) in [4.78, 5) is 4.37. The van der Waals surface area contributed by atoms with Crippen molar-refractivity contribution in [2.75, 3.05) is 0 Å². The van der Waals surface area contributed by atoms with Gasteiger partial charge in [0.25, 0.3) is 0 Å². The first kappa shape index (κ1) is 9.68. The van der Waals surface area contributed by atoms with Crippen LogP contribution in [0.1, 0.15) is 17.0 Å². The van der Waals surface area contributed by atoms with E-state index in [2.05, 4.69) is 20.9 Å². The first-order valence-electron chi connectivity index (χ1n) is 4.38. The van der Waals surface area contributed by atoms with E-state index in [0.717, 1.165) is 27.1 Å². The SMILES string of the molecule is Cc1cc2nc(C)c(CO)n2cc1Br. The highest BCUT2D eigenvalue weighted by Crippen LogP contribution is 2.20. The molecule has 0 aliphatic rings. The Hall–Kier alpha value is -0.870. The zero-order valence-corrected chi connectivity index (χ0v) is 9.67. The lowest BCUT2D eigenvalue weighted by Crippen LogP contribution is -1.94. The molecule has 0 spiro atoms. The Morgan fingerprint density at radius 3 is 2.86 bits per heavy atom. The van der Waals surface area contributed by atoms with Gasteiger partial charge < -0.3 is 9.51 Å². The third kappa shape index (κ3) is 1.35. The van der Waals surface area contributed by atoms with Crippen molar-refractivity contribution in [3.05, 3.63) is 33.7 Å². The number of aromatic nitrogens is 2. The Labute approximate surface area is 90.5 Å². The largest absolute Gasteiger partial charge is 0.390 e. The predicted molar refractivity (Wildman–Crippen MR) is 58.3 cm³/mol. The fourth-order valence-corrected chi connectivity index (χ4v) is 1.84. The molecule has 14 heavy (non-hydrogen) atoms. The summed E-state index contributed by atoms with van der Waals surface area (Å²) in [5, 5.41) is 9.19. The van der Waals surface area contributed by atoms with Crippen LogP contribution < -0.4 is 0 Å². The number of imidazole rings is 1. The molecule has 2 rings (SSSR count). The van der Waals surface area contributed by atoms with E-state index in [1.165, 1.54) is 0 Å². The molecule has 0 unspecified atom stereocenters. The van der Waals surface area contributed by atoms with Gasteiger partial charge in [-0.2, -0.15) is 0 Å². The van der Waals surface area contributed by atoms with Crippen molar-refractivity contribution < 1.29 is 5.11 Å². The maximum Gasteiger partial charge on any atom is 0.137 e. The number of aryl methyl sites for hydroxylation is 2. The molecule has 0 aliphatic carbocycles. The van der Waals surface area contributed by atoms with Crippen molar-refractivity contribution in [2.45, 2.75) is 20.5 Å². The van der Waals surface area contributed by atoms with Gasteiger partial charge in [0.1, 0.15) is 5.65 Å². The average molecular weight is 255 g/mol. The Morgan fingerprint density at radius 1 is 1.50 bits per heavy atom. The summed E-state index contributed by atoms with van der Waals surface area (Å²) in [6.07, 6.45) is 1.94. The molecule has 0 saturated heterocycles. The zero-order chi connectivity index (χ0) is 10.3. The minimum absolute atomic E-state index is 0.0164. The smallest absolute Gasteiger partial charge is 0.137 e. The number of hydrogen-bond donors (Lipinski definition) is 1. The van der Waals surface area contributed by atoms with Crippen molar-refractivity contribution >= 4 is 21.6 Å². The second-order valence-electron chi connectivity index (χ2n) is 3.33. The van der Waals surface area contributed by atoms with Crippen molar-refractivity contribution in [3.8, 4) is 0 Å². The van der Waals surface area contributed by atoms with E-state index in [0.29, 0.717) is 0 Å². The first-order chi connectivity index (χ1) is 6.63. The van der Waals surface area contributed by atoms with Crippen molar-refractivity contribution in [2.24, 2.45) is 0 Å². The van der Waals surface area contributed by atoms with E-state index in [-0.39, 0.29) is 6.61 Å². The average Bonchev–Trinajstić information content (AvgIpc) is 2.42. The molecule has 0 aliphatic heterocycles. The molecule has 2 heterocycles. The van der Waals surface area contributed by atoms with Crippen molar-refractivity contribution in [1.29, 1.82) is 0 Å².